The minimum absolute atomic E-state index is 0.110. The molecular formula is C50H93NO3. The fourth-order valence-electron chi connectivity index (χ4n) is 7.26. The number of hydrogen-bond acceptors (Lipinski definition) is 3. The first kappa shape index (κ1) is 52.3. The van der Waals surface area contributed by atoms with Crippen LogP contribution in [0.15, 0.2) is 48.6 Å². The predicted molar refractivity (Wildman–Crippen MR) is 239 cm³/mol. The quantitative estimate of drug-likeness (QED) is 0.0429. The summed E-state index contributed by atoms with van der Waals surface area (Å²) in [4.78, 5) is 12.3. The van der Waals surface area contributed by atoms with E-state index in [1.807, 2.05) is 6.08 Å². The van der Waals surface area contributed by atoms with Crippen molar-refractivity contribution in [3.8, 4) is 0 Å². The predicted octanol–water partition coefficient (Wildman–Crippen LogP) is 15.1. The van der Waals surface area contributed by atoms with Crippen LogP contribution in [0.25, 0.3) is 0 Å². The van der Waals surface area contributed by atoms with Crippen molar-refractivity contribution >= 4 is 5.91 Å². The Labute approximate surface area is 337 Å². The standard InChI is InChI=1S/C50H93NO3/c1-3-5-7-9-11-13-15-17-18-19-20-21-22-23-24-25-26-27-28-29-30-31-32-34-35-37-39-41-43-45-49(53)48(47-52)51-50(54)46-44-42-40-38-36-33-16-14-12-10-8-6-4-2/h6,8,12,14,33,36,40,42,48-49,52-53H,3-5,7,9-11,13,15-32,34-35,37-39,41,43-47H2,1-2H3,(H,51,54)/b8-6-,14-12-,36-33-,42-40-. The molecule has 0 aromatic rings. The van der Waals surface area contributed by atoms with Crippen molar-refractivity contribution in [2.24, 2.45) is 0 Å². The molecule has 0 aromatic heterocycles. The van der Waals surface area contributed by atoms with Gasteiger partial charge in [-0.05, 0) is 38.5 Å². The molecule has 0 radical (unpaired) electrons. The van der Waals surface area contributed by atoms with E-state index in [0.717, 1.165) is 38.5 Å². The summed E-state index contributed by atoms with van der Waals surface area (Å²) in [7, 11) is 0. The van der Waals surface area contributed by atoms with Crippen LogP contribution in [0.4, 0.5) is 0 Å². The molecule has 4 nitrogen and oxygen atoms in total. The molecular weight excluding hydrogens is 663 g/mol. The van der Waals surface area contributed by atoms with Gasteiger partial charge in [-0.3, -0.25) is 4.79 Å². The van der Waals surface area contributed by atoms with Gasteiger partial charge in [-0.15, -0.1) is 0 Å². The maximum absolute atomic E-state index is 12.3. The van der Waals surface area contributed by atoms with Gasteiger partial charge in [-0.25, -0.2) is 0 Å². The number of amides is 1. The highest BCUT2D eigenvalue weighted by molar-refractivity contribution is 5.76. The molecule has 0 bridgehead atoms. The Morgan fingerprint density at radius 3 is 1.11 bits per heavy atom. The minimum atomic E-state index is -0.690. The number of aliphatic hydroxyl groups is 2. The number of allylic oxidation sites excluding steroid dienone is 8. The van der Waals surface area contributed by atoms with Gasteiger partial charge < -0.3 is 15.5 Å². The summed E-state index contributed by atoms with van der Waals surface area (Å²) in [6.45, 7) is 4.22. The lowest BCUT2D eigenvalue weighted by Crippen LogP contribution is -2.45. The van der Waals surface area contributed by atoms with Crippen LogP contribution in [0, 0.1) is 0 Å². The zero-order valence-corrected chi connectivity index (χ0v) is 36.2. The van der Waals surface area contributed by atoms with Crippen molar-refractivity contribution in [2.45, 2.75) is 257 Å². The van der Waals surface area contributed by atoms with Gasteiger partial charge in [0.25, 0.3) is 0 Å². The number of hydrogen-bond donors (Lipinski definition) is 3. The number of carbonyl (C=O) groups excluding carboxylic acids is 1. The number of rotatable bonds is 43. The molecule has 0 spiro atoms. The summed E-state index contributed by atoms with van der Waals surface area (Å²) in [5, 5.41) is 23.1. The van der Waals surface area contributed by atoms with Crippen LogP contribution in [0.2, 0.25) is 0 Å². The van der Waals surface area contributed by atoms with Gasteiger partial charge >= 0.3 is 0 Å². The summed E-state index contributed by atoms with van der Waals surface area (Å²) in [6.07, 6.45) is 62.4. The fraction of sp³-hybridized carbons (Fsp3) is 0.820. The number of aliphatic hydroxyl groups excluding tert-OH is 2. The smallest absolute Gasteiger partial charge is 0.220 e. The third kappa shape index (κ3) is 41.5. The SMILES string of the molecule is CC/C=C\C/C=C\C/C=C\C/C=C\CCC(=O)NC(CO)C(O)CCCCCCCCCCCCCCCCCCCCCCCCCCCCCCC. The van der Waals surface area contributed by atoms with E-state index >= 15 is 0 Å². The average molecular weight is 756 g/mol. The molecule has 2 unspecified atom stereocenters. The molecule has 0 heterocycles. The van der Waals surface area contributed by atoms with Gasteiger partial charge in [0, 0.05) is 6.42 Å². The summed E-state index contributed by atoms with van der Waals surface area (Å²) < 4.78 is 0. The van der Waals surface area contributed by atoms with E-state index in [2.05, 4.69) is 61.7 Å². The molecule has 3 N–H and O–H groups in total. The monoisotopic (exact) mass is 756 g/mol. The van der Waals surface area contributed by atoms with Crippen LogP contribution in [0.3, 0.4) is 0 Å². The summed E-state index contributed by atoms with van der Waals surface area (Å²) in [5.41, 5.74) is 0. The zero-order valence-electron chi connectivity index (χ0n) is 36.2. The topological polar surface area (TPSA) is 69.6 Å². The third-order valence-electron chi connectivity index (χ3n) is 10.9. The van der Waals surface area contributed by atoms with Crippen molar-refractivity contribution in [3.63, 3.8) is 0 Å². The Morgan fingerprint density at radius 1 is 0.463 bits per heavy atom. The Kier molecular flexibility index (Phi) is 44.3. The molecule has 0 aliphatic rings. The Balaban J connectivity index is 3.47. The second kappa shape index (κ2) is 45.7. The molecule has 0 aliphatic carbocycles. The fourth-order valence-corrected chi connectivity index (χ4v) is 7.26. The van der Waals surface area contributed by atoms with Crippen LogP contribution in [-0.2, 0) is 4.79 Å². The molecule has 2 atom stereocenters. The van der Waals surface area contributed by atoms with E-state index in [1.54, 1.807) is 0 Å². The molecule has 0 fully saturated rings. The largest absolute Gasteiger partial charge is 0.394 e. The highest BCUT2D eigenvalue weighted by Gasteiger charge is 2.19. The van der Waals surface area contributed by atoms with E-state index in [0.29, 0.717) is 19.3 Å². The van der Waals surface area contributed by atoms with Crippen molar-refractivity contribution in [1.29, 1.82) is 0 Å². The Morgan fingerprint density at radius 2 is 0.778 bits per heavy atom. The second-order valence-electron chi connectivity index (χ2n) is 16.2. The van der Waals surface area contributed by atoms with E-state index < -0.39 is 12.1 Å². The van der Waals surface area contributed by atoms with Crippen molar-refractivity contribution in [2.75, 3.05) is 6.61 Å². The van der Waals surface area contributed by atoms with Crippen LogP contribution in [0.5, 0.6) is 0 Å². The van der Waals surface area contributed by atoms with E-state index in [1.165, 1.54) is 173 Å². The van der Waals surface area contributed by atoms with Gasteiger partial charge in [-0.1, -0.05) is 249 Å². The maximum atomic E-state index is 12.3. The van der Waals surface area contributed by atoms with E-state index in [9.17, 15) is 15.0 Å². The highest BCUT2D eigenvalue weighted by atomic mass is 16.3. The van der Waals surface area contributed by atoms with Gasteiger partial charge in [0.1, 0.15) is 0 Å². The lowest BCUT2D eigenvalue weighted by atomic mass is 10.0. The normalized spacial score (nSPS) is 13.3. The molecule has 0 aliphatic heterocycles. The molecule has 54 heavy (non-hydrogen) atoms. The van der Waals surface area contributed by atoms with Crippen molar-refractivity contribution in [1.82, 2.24) is 5.32 Å². The molecule has 0 saturated carbocycles. The molecule has 0 saturated heterocycles. The molecule has 1 amide bonds. The Hall–Kier alpha value is -1.65. The van der Waals surface area contributed by atoms with Crippen LogP contribution in [0.1, 0.15) is 245 Å². The first-order valence-electron chi connectivity index (χ1n) is 23.8. The van der Waals surface area contributed by atoms with E-state index in [-0.39, 0.29) is 12.5 Å². The maximum Gasteiger partial charge on any atom is 0.220 e. The van der Waals surface area contributed by atoms with Crippen molar-refractivity contribution in [3.05, 3.63) is 48.6 Å². The molecule has 316 valence electrons. The zero-order chi connectivity index (χ0) is 39.3. The molecule has 4 heteroatoms. The van der Waals surface area contributed by atoms with Crippen molar-refractivity contribution < 1.29 is 15.0 Å². The lowest BCUT2D eigenvalue weighted by molar-refractivity contribution is -0.123. The summed E-state index contributed by atoms with van der Waals surface area (Å²) >= 11 is 0. The van der Waals surface area contributed by atoms with E-state index in [4.69, 9.17) is 0 Å². The van der Waals surface area contributed by atoms with Crippen LogP contribution in [-0.4, -0.2) is 34.9 Å². The highest BCUT2D eigenvalue weighted by Crippen LogP contribution is 2.17. The first-order valence-corrected chi connectivity index (χ1v) is 23.8. The number of nitrogens with one attached hydrogen (secondary N) is 1. The van der Waals surface area contributed by atoms with Gasteiger partial charge in [-0.2, -0.15) is 0 Å². The lowest BCUT2D eigenvalue weighted by Gasteiger charge is -2.22. The molecule has 0 aromatic carbocycles. The first-order chi connectivity index (χ1) is 26.7. The van der Waals surface area contributed by atoms with Gasteiger partial charge in [0.2, 0.25) is 5.91 Å². The average Bonchev–Trinajstić information content (AvgIpc) is 3.18. The summed E-state index contributed by atoms with van der Waals surface area (Å²) in [6, 6.07) is -0.575. The number of unbranched alkanes of at least 4 members (excludes halogenated alkanes) is 28. The second-order valence-corrected chi connectivity index (χ2v) is 16.2. The third-order valence-corrected chi connectivity index (χ3v) is 10.9. The summed E-state index contributed by atoms with van der Waals surface area (Å²) in [5.74, 6) is -0.110. The van der Waals surface area contributed by atoms with Gasteiger partial charge in [0.15, 0.2) is 0 Å². The Bertz CT molecular complexity index is 862. The minimum Gasteiger partial charge on any atom is -0.394 e. The molecule has 0 rings (SSSR count). The number of carbonyl (C=O) groups is 1. The van der Waals surface area contributed by atoms with Crippen LogP contribution < -0.4 is 5.32 Å². The van der Waals surface area contributed by atoms with Gasteiger partial charge in [0.05, 0.1) is 18.8 Å². The van der Waals surface area contributed by atoms with Crippen LogP contribution >= 0.6 is 0 Å².